The van der Waals surface area contributed by atoms with Gasteiger partial charge in [0.05, 0.1) is 10.5 Å². The monoisotopic (exact) mass is 304 g/mol. The average Bonchev–Trinajstić information content (AvgIpc) is 3.15. The minimum Gasteiger partial charge on any atom is -0.477 e. The molecule has 1 aromatic heterocycles. The van der Waals surface area contributed by atoms with Crippen molar-refractivity contribution in [3.8, 4) is 5.75 Å². The highest BCUT2D eigenvalue weighted by Gasteiger charge is 2.36. The lowest BCUT2D eigenvalue weighted by molar-refractivity contribution is -0.386. The minimum absolute atomic E-state index is 0.0338. The summed E-state index contributed by atoms with van der Waals surface area (Å²) in [6, 6.07) is 6.14. The molecule has 0 aliphatic heterocycles. The Morgan fingerprint density at radius 2 is 2.09 bits per heavy atom. The van der Waals surface area contributed by atoms with Gasteiger partial charge in [-0.1, -0.05) is 30.1 Å². The molecule has 1 heterocycles. The van der Waals surface area contributed by atoms with Gasteiger partial charge in [-0.3, -0.25) is 10.1 Å². The first-order valence-corrected chi connectivity index (χ1v) is 7.07. The van der Waals surface area contributed by atoms with E-state index in [2.05, 4.69) is 10.1 Å². The maximum absolute atomic E-state index is 10.9. The molecule has 0 unspecified atom stereocenters. The largest absolute Gasteiger partial charge is 0.477 e. The molecule has 8 heteroatoms. The smallest absolute Gasteiger partial charge is 0.310 e. The highest BCUT2D eigenvalue weighted by molar-refractivity contribution is 5.45. The van der Waals surface area contributed by atoms with E-state index in [1.54, 1.807) is 12.1 Å². The van der Waals surface area contributed by atoms with Crippen molar-refractivity contribution >= 4 is 5.69 Å². The summed E-state index contributed by atoms with van der Waals surface area (Å²) in [6.07, 6.45) is 3.76. The highest BCUT2D eigenvalue weighted by atomic mass is 16.6. The number of nitro benzene ring substituents is 1. The summed E-state index contributed by atoms with van der Waals surface area (Å²) in [7, 11) is 0. The first-order valence-electron chi connectivity index (χ1n) is 7.07. The lowest BCUT2D eigenvalue weighted by Crippen LogP contribution is -2.34. The maximum atomic E-state index is 10.9. The van der Waals surface area contributed by atoms with Gasteiger partial charge in [0.15, 0.2) is 18.2 Å². The number of nitrogens with zero attached hydrogens (tertiary/aromatic N) is 3. The van der Waals surface area contributed by atoms with E-state index >= 15 is 0 Å². The fourth-order valence-corrected chi connectivity index (χ4v) is 2.61. The summed E-state index contributed by atoms with van der Waals surface area (Å²) < 4.78 is 10.5. The third kappa shape index (κ3) is 2.77. The predicted octanol–water partition coefficient (Wildman–Crippen LogP) is 2.28. The number of hydrogen-bond donors (Lipinski definition) is 1. The van der Waals surface area contributed by atoms with E-state index in [1.807, 2.05) is 0 Å². The summed E-state index contributed by atoms with van der Waals surface area (Å²) >= 11 is 0. The molecule has 22 heavy (non-hydrogen) atoms. The summed E-state index contributed by atoms with van der Waals surface area (Å²) in [5.41, 5.74) is 5.62. The van der Waals surface area contributed by atoms with Crippen molar-refractivity contribution in [2.45, 2.75) is 37.8 Å². The molecule has 0 bridgehead atoms. The Morgan fingerprint density at radius 1 is 1.36 bits per heavy atom. The highest BCUT2D eigenvalue weighted by Crippen LogP contribution is 2.34. The second-order valence-electron chi connectivity index (χ2n) is 5.39. The number of nitro groups is 1. The second-order valence-corrected chi connectivity index (χ2v) is 5.39. The number of aromatic nitrogens is 2. The van der Waals surface area contributed by atoms with Crippen molar-refractivity contribution in [3.63, 3.8) is 0 Å². The first kappa shape index (κ1) is 14.5. The summed E-state index contributed by atoms with van der Waals surface area (Å²) in [5, 5.41) is 14.8. The van der Waals surface area contributed by atoms with Crippen LogP contribution in [-0.4, -0.2) is 15.1 Å². The Balaban J connectivity index is 1.70. The van der Waals surface area contributed by atoms with Crippen LogP contribution < -0.4 is 10.5 Å². The SMILES string of the molecule is NC1(c2noc(COc3ccccc3[N+](=O)[O-])n2)CCCC1. The zero-order chi connectivity index (χ0) is 15.6. The third-order valence-electron chi connectivity index (χ3n) is 3.82. The molecule has 0 atom stereocenters. The molecule has 1 aliphatic carbocycles. The molecule has 0 radical (unpaired) electrons. The molecule has 1 saturated carbocycles. The number of rotatable bonds is 5. The molecule has 8 nitrogen and oxygen atoms in total. The number of para-hydroxylation sites is 2. The van der Waals surface area contributed by atoms with Crippen molar-refractivity contribution < 1.29 is 14.2 Å². The molecule has 1 fully saturated rings. The fourth-order valence-electron chi connectivity index (χ4n) is 2.61. The molecular formula is C14H16N4O4. The standard InChI is InChI=1S/C14H16N4O4/c15-14(7-3-4-8-14)13-16-12(22-17-13)9-21-11-6-2-1-5-10(11)18(19)20/h1-2,5-6H,3-4,7-9,15H2. The molecule has 0 spiro atoms. The van der Waals surface area contributed by atoms with Crippen LogP contribution in [0.5, 0.6) is 5.75 Å². The number of hydrogen-bond acceptors (Lipinski definition) is 7. The van der Waals surface area contributed by atoms with Crippen molar-refractivity contribution in [1.82, 2.24) is 10.1 Å². The predicted molar refractivity (Wildman–Crippen MR) is 76.1 cm³/mol. The van der Waals surface area contributed by atoms with E-state index in [0.717, 1.165) is 25.7 Å². The lowest BCUT2D eigenvalue weighted by atomic mass is 9.99. The molecule has 1 aliphatic rings. The van der Waals surface area contributed by atoms with E-state index in [4.69, 9.17) is 15.0 Å². The van der Waals surface area contributed by atoms with Gasteiger partial charge in [-0.25, -0.2) is 0 Å². The van der Waals surface area contributed by atoms with Crippen molar-refractivity contribution in [3.05, 3.63) is 46.1 Å². The summed E-state index contributed by atoms with van der Waals surface area (Å²) in [6.45, 7) is -0.0338. The topological polar surface area (TPSA) is 117 Å². The van der Waals surface area contributed by atoms with Crippen LogP contribution in [0.25, 0.3) is 0 Å². The van der Waals surface area contributed by atoms with Crippen LogP contribution in [0.3, 0.4) is 0 Å². The van der Waals surface area contributed by atoms with Gasteiger partial charge < -0.3 is 15.0 Å². The Bertz CT molecular complexity index is 679. The average molecular weight is 304 g/mol. The number of nitrogens with two attached hydrogens (primary N) is 1. The quantitative estimate of drug-likeness (QED) is 0.665. The van der Waals surface area contributed by atoms with Gasteiger partial charge in [-0.05, 0) is 18.9 Å². The summed E-state index contributed by atoms with van der Waals surface area (Å²) in [5.74, 6) is 0.895. The van der Waals surface area contributed by atoms with Crippen LogP contribution in [-0.2, 0) is 12.1 Å². The van der Waals surface area contributed by atoms with Gasteiger partial charge in [-0.15, -0.1) is 0 Å². The molecular weight excluding hydrogens is 288 g/mol. The second kappa shape index (κ2) is 5.72. The Morgan fingerprint density at radius 3 is 2.82 bits per heavy atom. The van der Waals surface area contributed by atoms with Crippen molar-refractivity contribution in [2.75, 3.05) is 0 Å². The first-order chi connectivity index (χ1) is 10.6. The minimum atomic E-state index is -0.527. The Labute approximate surface area is 126 Å². The van der Waals surface area contributed by atoms with Crippen LogP contribution in [0.2, 0.25) is 0 Å². The van der Waals surface area contributed by atoms with E-state index < -0.39 is 10.5 Å². The van der Waals surface area contributed by atoms with Crippen molar-refractivity contribution in [1.29, 1.82) is 0 Å². The van der Waals surface area contributed by atoms with Gasteiger partial charge >= 0.3 is 5.69 Å². The molecule has 3 rings (SSSR count). The Hall–Kier alpha value is -2.48. The maximum Gasteiger partial charge on any atom is 0.310 e. The summed E-state index contributed by atoms with van der Waals surface area (Å²) in [4.78, 5) is 14.7. The van der Waals surface area contributed by atoms with Crippen LogP contribution in [0.4, 0.5) is 5.69 Å². The zero-order valence-electron chi connectivity index (χ0n) is 11.9. The van der Waals surface area contributed by atoms with E-state index in [9.17, 15) is 10.1 Å². The number of benzene rings is 1. The Kier molecular flexibility index (Phi) is 3.76. The molecule has 2 aromatic rings. The zero-order valence-corrected chi connectivity index (χ0v) is 11.9. The van der Waals surface area contributed by atoms with Gasteiger partial charge in [-0.2, -0.15) is 4.98 Å². The molecule has 116 valence electrons. The molecule has 1 aromatic carbocycles. The van der Waals surface area contributed by atoms with Crippen LogP contribution in [0.15, 0.2) is 28.8 Å². The van der Waals surface area contributed by atoms with Crippen LogP contribution >= 0.6 is 0 Å². The molecule has 2 N–H and O–H groups in total. The molecule has 0 saturated heterocycles. The van der Waals surface area contributed by atoms with E-state index in [0.29, 0.717) is 5.82 Å². The number of ether oxygens (including phenoxy) is 1. The van der Waals surface area contributed by atoms with Gasteiger partial charge in [0, 0.05) is 6.07 Å². The van der Waals surface area contributed by atoms with Gasteiger partial charge in [0.2, 0.25) is 0 Å². The molecule has 0 amide bonds. The lowest BCUT2D eigenvalue weighted by Gasteiger charge is -2.17. The normalized spacial score (nSPS) is 16.6. The van der Waals surface area contributed by atoms with E-state index in [-0.39, 0.29) is 23.9 Å². The van der Waals surface area contributed by atoms with Gasteiger partial charge in [0.1, 0.15) is 0 Å². The van der Waals surface area contributed by atoms with Crippen molar-refractivity contribution in [2.24, 2.45) is 5.73 Å². The van der Waals surface area contributed by atoms with E-state index in [1.165, 1.54) is 12.1 Å². The van der Waals surface area contributed by atoms with Crippen LogP contribution in [0, 0.1) is 10.1 Å². The fraction of sp³-hybridized carbons (Fsp3) is 0.429. The van der Waals surface area contributed by atoms with Gasteiger partial charge in [0.25, 0.3) is 5.89 Å². The third-order valence-corrected chi connectivity index (χ3v) is 3.82. The van der Waals surface area contributed by atoms with Crippen LogP contribution in [0.1, 0.15) is 37.4 Å².